The van der Waals surface area contributed by atoms with E-state index in [1.165, 1.54) is 62.3 Å². The van der Waals surface area contributed by atoms with Crippen molar-refractivity contribution in [1.82, 2.24) is 0 Å². The molecular weight excluding hydrogens is 566 g/mol. The Balaban J connectivity index is 0.00000370. The van der Waals surface area contributed by atoms with E-state index < -0.39 is 5.72 Å². The zero-order chi connectivity index (χ0) is 27.3. The summed E-state index contributed by atoms with van der Waals surface area (Å²) in [6, 6.07) is 19.7. The van der Waals surface area contributed by atoms with E-state index >= 15 is 0 Å². The smallest absolute Gasteiger partial charge is 0.270 e. The highest BCUT2D eigenvalue weighted by Gasteiger charge is 2.58. The molecule has 3 aromatic rings. The van der Waals surface area contributed by atoms with Gasteiger partial charge in [0.2, 0.25) is 5.72 Å². The molecule has 1 aromatic heterocycles. The van der Waals surface area contributed by atoms with Crippen LogP contribution in [0.5, 0.6) is 5.75 Å². The minimum atomic E-state index is -0.670. The molecule has 212 valence electrons. The van der Waals surface area contributed by atoms with Crippen molar-refractivity contribution in [2.24, 2.45) is 0 Å². The predicted octanol–water partition coefficient (Wildman–Crippen LogP) is 4.61. The molecule has 0 radical (unpaired) electrons. The lowest BCUT2D eigenvalue weighted by Crippen LogP contribution is -3.00. The molecule has 0 bridgehead atoms. The number of halogens is 1. The van der Waals surface area contributed by atoms with E-state index in [4.69, 9.17) is 4.74 Å². The van der Waals surface area contributed by atoms with Crippen LogP contribution in [-0.2, 0) is 12.0 Å². The number of ether oxygens (including phenoxy) is 1. The maximum atomic E-state index is 11.3. The summed E-state index contributed by atoms with van der Waals surface area (Å²) < 4.78 is 9.07. The molecule has 2 aliphatic heterocycles. The average molecular weight is 607 g/mol. The first-order chi connectivity index (χ1) is 18.9. The zero-order valence-electron chi connectivity index (χ0n) is 23.6. The van der Waals surface area contributed by atoms with E-state index in [2.05, 4.69) is 84.2 Å². The van der Waals surface area contributed by atoms with Crippen LogP contribution in [0.3, 0.4) is 0 Å². The van der Waals surface area contributed by atoms with Gasteiger partial charge in [-0.1, -0.05) is 56.4 Å². The van der Waals surface area contributed by atoms with Crippen LogP contribution in [0.15, 0.2) is 79.1 Å². The lowest BCUT2D eigenvalue weighted by Gasteiger charge is -2.47. The van der Waals surface area contributed by atoms with Gasteiger partial charge in [0.15, 0.2) is 12.4 Å². The number of aryl methyl sites for hydroxylation is 1. The molecule has 1 unspecified atom stereocenters. The van der Waals surface area contributed by atoms with Gasteiger partial charge >= 0.3 is 0 Å². The predicted molar refractivity (Wildman–Crippen MR) is 156 cm³/mol. The number of hydrogen-bond acceptors (Lipinski definition) is 4. The molecule has 40 heavy (non-hydrogen) atoms. The highest BCUT2D eigenvalue weighted by molar-refractivity contribution is 5.73. The van der Waals surface area contributed by atoms with Crippen LogP contribution in [0, 0.1) is 10.1 Å². The van der Waals surface area contributed by atoms with Gasteiger partial charge in [0.1, 0.15) is 12.3 Å². The van der Waals surface area contributed by atoms with Gasteiger partial charge in [0.05, 0.1) is 10.3 Å². The first kappa shape index (κ1) is 29.8. The van der Waals surface area contributed by atoms with Crippen LogP contribution in [0.1, 0.15) is 76.3 Å². The number of hydrogen-bond donors (Lipinski definition) is 0. The zero-order valence-corrected chi connectivity index (χ0v) is 25.2. The van der Waals surface area contributed by atoms with Crippen molar-refractivity contribution in [2.75, 3.05) is 11.4 Å². The van der Waals surface area contributed by atoms with Crippen molar-refractivity contribution in [3.8, 4) is 5.75 Å². The SMILES string of the molecule is CC1(C)c2ccccc2N(CCCCCCCCCC[n+]2ccccc2)C12C=Cc1cc([N+](=O)[O-])ccc1O2.[Br-]. The van der Waals surface area contributed by atoms with E-state index in [1.807, 2.05) is 6.08 Å². The number of nitrogens with zero attached hydrogens (tertiary/aromatic N) is 3. The third-order valence-electron chi connectivity index (χ3n) is 8.45. The second-order valence-electron chi connectivity index (χ2n) is 11.3. The maximum absolute atomic E-state index is 11.3. The van der Waals surface area contributed by atoms with Gasteiger partial charge in [0, 0.05) is 48.5 Å². The quantitative estimate of drug-likeness (QED) is 0.131. The number of unbranched alkanes of at least 4 members (excludes halogenated alkanes) is 7. The molecule has 2 aliphatic rings. The minimum absolute atomic E-state index is 0. The summed E-state index contributed by atoms with van der Waals surface area (Å²) >= 11 is 0. The summed E-state index contributed by atoms with van der Waals surface area (Å²) in [7, 11) is 0. The molecule has 1 spiro atoms. The van der Waals surface area contributed by atoms with E-state index in [-0.39, 0.29) is 33.0 Å². The molecule has 0 aliphatic carbocycles. The molecule has 5 rings (SSSR count). The molecule has 6 nitrogen and oxygen atoms in total. The Hall–Kier alpha value is -3.19. The lowest BCUT2D eigenvalue weighted by molar-refractivity contribution is -0.697. The standard InChI is InChI=1S/C33H40N3O3.BrH/c1-32(2)29-16-10-11-17-30(29)35(33(32)21-20-27-26-28(36(37)38)18-19-31(27)39-33)25-15-8-6-4-3-5-7-12-22-34-23-13-9-14-24-34;/h9-11,13-14,16-21,23-24,26H,3-8,12,15,22,25H2,1-2H3;1H/q+1;/p-1. The summed E-state index contributed by atoms with van der Waals surface area (Å²) in [5, 5.41) is 11.3. The largest absolute Gasteiger partial charge is 1.00 e. The minimum Gasteiger partial charge on any atom is -1.00 e. The van der Waals surface area contributed by atoms with Gasteiger partial charge in [0.25, 0.3) is 5.69 Å². The fourth-order valence-corrected chi connectivity index (χ4v) is 6.20. The van der Waals surface area contributed by atoms with Gasteiger partial charge in [-0.2, -0.15) is 0 Å². The summed E-state index contributed by atoms with van der Waals surface area (Å²) in [5.41, 5.74) is 2.36. The fourth-order valence-electron chi connectivity index (χ4n) is 6.20. The van der Waals surface area contributed by atoms with Crippen molar-refractivity contribution >= 4 is 17.5 Å². The number of non-ortho nitro benzene ring substituents is 1. The van der Waals surface area contributed by atoms with Crippen LogP contribution < -0.4 is 31.2 Å². The summed E-state index contributed by atoms with van der Waals surface area (Å²) in [6.45, 7) is 6.49. The lowest BCUT2D eigenvalue weighted by atomic mass is 9.76. The second-order valence-corrected chi connectivity index (χ2v) is 11.3. The van der Waals surface area contributed by atoms with Gasteiger partial charge < -0.3 is 26.6 Å². The van der Waals surface area contributed by atoms with Gasteiger partial charge in [-0.05, 0) is 56.5 Å². The Morgan fingerprint density at radius 2 is 1.55 bits per heavy atom. The number of para-hydroxylation sites is 1. The van der Waals surface area contributed by atoms with Gasteiger partial charge in [-0.15, -0.1) is 0 Å². The Labute approximate surface area is 248 Å². The van der Waals surface area contributed by atoms with Crippen molar-refractivity contribution in [1.29, 1.82) is 0 Å². The molecule has 1 atom stereocenters. The van der Waals surface area contributed by atoms with Gasteiger partial charge in [-0.25, -0.2) is 4.57 Å². The number of pyridine rings is 1. The number of anilines is 1. The third kappa shape index (κ3) is 5.95. The third-order valence-corrected chi connectivity index (χ3v) is 8.45. The number of nitro benzene ring substituents is 1. The number of benzene rings is 2. The van der Waals surface area contributed by atoms with Gasteiger partial charge in [-0.3, -0.25) is 10.1 Å². The monoisotopic (exact) mass is 605 g/mol. The molecule has 0 amide bonds. The first-order valence-corrected chi connectivity index (χ1v) is 14.4. The molecule has 2 aromatic carbocycles. The van der Waals surface area contributed by atoms with Crippen LogP contribution >= 0.6 is 0 Å². The van der Waals surface area contributed by atoms with Crippen molar-refractivity contribution in [3.63, 3.8) is 0 Å². The fraction of sp³-hybridized carbons (Fsp3) is 0.424. The molecule has 7 heteroatoms. The van der Waals surface area contributed by atoms with E-state index in [0.29, 0.717) is 5.75 Å². The highest BCUT2D eigenvalue weighted by atomic mass is 79.9. The Morgan fingerprint density at radius 1 is 0.875 bits per heavy atom. The number of nitro groups is 1. The molecule has 0 saturated carbocycles. The molecule has 0 saturated heterocycles. The Bertz CT molecular complexity index is 1330. The summed E-state index contributed by atoms with van der Waals surface area (Å²) in [4.78, 5) is 13.3. The topological polar surface area (TPSA) is 59.5 Å². The first-order valence-electron chi connectivity index (χ1n) is 14.4. The van der Waals surface area contributed by atoms with Crippen LogP contribution in [0.4, 0.5) is 11.4 Å². The molecule has 0 N–H and O–H groups in total. The average Bonchev–Trinajstić information content (AvgIpc) is 3.12. The van der Waals surface area contributed by atoms with E-state index in [0.717, 1.165) is 25.1 Å². The van der Waals surface area contributed by atoms with Crippen LogP contribution in [0.2, 0.25) is 0 Å². The second kappa shape index (κ2) is 13.0. The normalized spacial score (nSPS) is 18.1. The van der Waals surface area contributed by atoms with Crippen LogP contribution in [0.25, 0.3) is 6.08 Å². The van der Waals surface area contributed by atoms with E-state index in [9.17, 15) is 10.1 Å². The number of rotatable bonds is 12. The van der Waals surface area contributed by atoms with Crippen molar-refractivity contribution in [3.05, 3.63) is 100 Å². The number of fused-ring (bicyclic) bond motifs is 2. The highest BCUT2D eigenvalue weighted by Crippen LogP contribution is 2.55. The van der Waals surface area contributed by atoms with Crippen molar-refractivity contribution < 1.29 is 31.2 Å². The Morgan fingerprint density at radius 3 is 2.27 bits per heavy atom. The number of aromatic nitrogens is 1. The molecule has 3 heterocycles. The molecular formula is C33H40BrN3O3. The maximum Gasteiger partial charge on any atom is 0.270 e. The van der Waals surface area contributed by atoms with E-state index in [1.54, 1.807) is 12.1 Å². The van der Waals surface area contributed by atoms with Crippen LogP contribution in [-0.4, -0.2) is 17.2 Å². The van der Waals surface area contributed by atoms with Crippen molar-refractivity contribution in [2.45, 2.75) is 82.9 Å². The molecule has 0 fully saturated rings. The summed E-state index contributed by atoms with van der Waals surface area (Å²) in [6.07, 6.45) is 18.4. The Kier molecular flexibility index (Phi) is 9.67. The summed E-state index contributed by atoms with van der Waals surface area (Å²) in [5.74, 6) is 0.694.